The van der Waals surface area contributed by atoms with Crippen LogP contribution in [0.15, 0.2) is 24.3 Å². The fraction of sp³-hybridized carbons (Fsp3) is 0.429. The van der Waals surface area contributed by atoms with Gasteiger partial charge in [0.25, 0.3) is 0 Å². The number of carbonyl (C=O) groups is 1. The molecule has 1 amide bonds. The Morgan fingerprint density at radius 3 is 2.65 bits per heavy atom. The molecule has 90 valence electrons. The molecule has 0 heterocycles. The molecule has 0 N–H and O–H groups in total. The molecule has 3 nitrogen and oxygen atoms in total. The maximum Gasteiger partial charge on any atom is 0.244 e. The molecule has 0 spiro atoms. The number of rotatable bonds is 4. The fourth-order valence-corrected chi connectivity index (χ4v) is 1.82. The molecular formula is C14H18N2O. The van der Waals surface area contributed by atoms with E-state index in [4.69, 9.17) is 5.26 Å². The summed E-state index contributed by atoms with van der Waals surface area (Å²) in [6, 6.07) is 9.77. The summed E-state index contributed by atoms with van der Waals surface area (Å²) in [5.74, 6) is -0.659. The molecule has 0 radical (unpaired) electrons. The van der Waals surface area contributed by atoms with Crippen molar-refractivity contribution in [2.75, 3.05) is 11.9 Å². The summed E-state index contributed by atoms with van der Waals surface area (Å²) in [6.07, 6.45) is 1.46. The van der Waals surface area contributed by atoms with E-state index in [0.29, 0.717) is 6.42 Å². The third-order valence-corrected chi connectivity index (χ3v) is 2.84. The predicted octanol–water partition coefficient (Wildman–Crippen LogP) is 2.90. The molecular weight excluding hydrogens is 212 g/mol. The molecule has 3 heteroatoms. The average molecular weight is 230 g/mol. The quantitative estimate of drug-likeness (QED) is 0.798. The highest BCUT2D eigenvalue weighted by Gasteiger charge is 2.22. The summed E-state index contributed by atoms with van der Waals surface area (Å²) in [6.45, 7) is 3.94. The Morgan fingerprint density at radius 1 is 1.47 bits per heavy atom. The van der Waals surface area contributed by atoms with Gasteiger partial charge in [-0.1, -0.05) is 31.5 Å². The zero-order valence-electron chi connectivity index (χ0n) is 10.6. The number of anilines is 1. The Morgan fingerprint density at radius 2 is 2.12 bits per heavy atom. The number of hydrogen-bond acceptors (Lipinski definition) is 2. The van der Waals surface area contributed by atoms with Crippen molar-refractivity contribution >= 4 is 11.6 Å². The minimum Gasteiger partial charge on any atom is -0.314 e. The van der Waals surface area contributed by atoms with E-state index in [1.165, 1.54) is 0 Å². The first-order valence-electron chi connectivity index (χ1n) is 5.84. The second-order valence-corrected chi connectivity index (χ2v) is 4.15. The summed E-state index contributed by atoms with van der Waals surface area (Å²) < 4.78 is 0. The van der Waals surface area contributed by atoms with E-state index in [9.17, 15) is 4.79 Å². The topological polar surface area (TPSA) is 44.1 Å². The number of amides is 1. The molecule has 0 aliphatic rings. The molecule has 0 fully saturated rings. The van der Waals surface area contributed by atoms with Gasteiger partial charge in [0.2, 0.25) is 5.91 Å². The monoisotopic (exact) mass is 230 g/mol. The normalized spacial score (nSPS) is 11.6. The van der Waals surface area contributed by atoms with E-state index >= 15 is 0 Å². The van der Waals surface area contributed by atoms with Crippen molar-refractivity contribution in [1.29, 1.82) is 5.26 Å². The minimum absolute atomic E-state index is 0.122. The van der Waals surface area contributed by atoms with Crippen LogP contribution in [0.3, 0.4) is 0 Å². The van der Waals surface area contributed by atoms with Gasteiger partial charge in [-0.25, -0.2) is 0 Å². The van der Waals surface area contributed by atoms with Crippen molar-refractivity contribution in [3.05, 3.63) is 29.8 Å². The number of carbonyl (C=O) groups excluding carboxylic acids is 1. The number of aryl methyl sites for hydroxylation is 1. The highest BCUT2D eigenvalue weighted by atomic mass is 16.2. The molecule has 1 rings (SSSR count). The van der Waals surface area contributed by atoms with Gasteiger partial charge in [0.05, 0.1) is 6.07 Å². The second-order valence-electron chi connectivity index (χ2n) is 4.15. The Kier molecular flexibility index (Phi) is 4.71. The van der Waals surface area contributed by atoms with Gasteiger partial charge in [0.15, 0.2) is 0 Å². The highest BCUT2D eigenvalue weighted by molar-refractivity contribution is 5.96. The summed E-state index contributed by atoms with van der Waals surface area (Å²) in [5, 5.41) is 9.00. The van der Waals surface area contributed by atoms with Gasteiger partial charge >= 0.3 is 0 Å². The van der Waals surface area contributed by atoms with Gasteiger partial charge in [0, 0.05) is 12.7 Å². The van der Waals surface area contributed by atoms with Crippen molar-refractivity contribution in [2.45, 2.75) is 26.7 Å². The minimum atomic E-state index is -0.537. The van der Waals surface area contributed by atoms with Crippen LogP contribution in [0.25, 0.3) is 0 Å². The van der Waals surface area contributed by atoms with E-state index in [1.807, 2.05) is 38.1 Å². The van der Waals surface area contributed by atoms with Crippen molar-refractivity contribution < 1.29 is 4.79 Å². The van der Waals surface area contributed by atoms with Gasteiger partial charge in [0.1, 0.15) is 5.92 Å². The lowest BCUT2D eigenvalue weighted by molar-refractivity contribution is -0.120. The van der Waals surface area contributed by atoms with Gasteiger partial charge in [-0.05, 0) is 25.0 Å². The zero-order valence-corrected chi connectivity index (χ0v) is 10.6. The van der Waals surface area contributed by atoms with Crippen molar-refractivity contribution in [3.63, 3.8) is 0 Å². The number of para-hydroxylation sites is 1. The van der Waals surface area contributed by atoms with Crippen molar-refractivity contribution in [2.24, 2.45) is 5.92 Å². The van der Waals surface area contributed by atoms with E-state index < -0.39 is 5.92 Å². The van der Waals surface area contributed by atoms with Crippen LogP contribution in [0.5, 0.6) is 0 Å². The van der Waals surface area contributed by atoms with Crippen LogP contribution in [0.1, 0.15) is 25.3 Å². The van der Waals surface area contributed by atoms with Crippen LogP contribution in [-0.4, -0.2) is 13.0 Å². The molecule has 1 aromatic carbocycles. The van der Waals surface area contributed by atoms with E-state index in [1.54, 1.807) is 11.9 Å². The molecule has 1 atom stereocenters. The largest absolute Gasteiger partial charge is 0.314 e. The average Bonchev–Trinajstić information content (AvgIpc) is 2.35. The lowest BCUT2D eigenvalue weighted by atomic mass is 10.0. The van der Waals surface area contributed by atoms with Crippen LogP contribution in [-0.2, 0) is 4.79 Å². The fourth-order valence-electron chi connectivity index (χ4n) is 1.82. The Hall–Kier alpha value is -1.82. The molecule has 0 aliphatic heterocycles. The third-order valence-electron chi connectivity index (χ3n) is 2.84. The molecule has 0 aliphatic carbocycles. The molecule has 1 aromatic rings. The molecule has 1 unspecified atom stereocenters. The standard InChI is InChI=1S/C14H18N2O/c1-4-7-12(10-15)14(17)16(3)13-9-6-5-8-11(13)2/h5-6,8-9,12H,4,7H2,1-3H3. The summed E-state index contributed by atoms with van der Waals surface area (Å²) in [7, 11) is 1.73. The van der Waals surface area contributed by atoms with Gasteiger partial charge in [-0.3, -0.25) is 4.79 Å². The number of benzene rings is 1. The third kappa shape index (κ3) is 3.07. The first-order valence-corrected chi connectivity index (χ1v) is 5.84. The SMILES string of the molecule is CCCC(C#N)C(=O)N(C)c1ccccc1C. The van der Waals surface area contributed by atoms with Gasteiger partial charge in [-0.2, -0.15) is 5.26 Å². The predicted molar refractivity (Wildman–Crippen MR) is 68.6 cm³/mol. The molecule has 0 bridgehead atoms. The first-order chi connectivity index (χ1) is 8.11. The van der Waals surface area contributed by atoms with E-state index in [2.05, 4.69) is 6.07 Å². The Bertz CT molecular complexity index is 434. The van der Waals surface area contributed by atoms with Crippen molar-refractivity contribution in [3.8, 4) is 6.07 Å². The van der Waals surface area contributed by atoms with Crippen LogP contribution in [0.4, 0.5) is 5.69 Å². The molecule has 0 aromatic heterocycles. The van der Waals surface area contributed by atoms with Crippen LogP contribution in [0, 0.1) is 24.2 Å². The van der Waals surface area contributed by atoms with Crippen LogP contribution in [0.2, 0.25) is 0 Å². The van der Waals surface area contributed by atoms with Crippen molar-refractivity contribution in [1.82, 2.24) is 0 Å². The highest BCUT2D eigenvalue weighted by Crippen LogP contribution is 2.20. The molecule has 0 saturated heterocycles. The lowest BCUT2D eigenvalue weighted by Crippen LogP contribution is -2.32. The maximum absolute atomic E-state index is 12.1. The number of nitrogens with zero attached hydrogens (tertiary/aromatic N) is 2. The summed E-state index contributed by atoms with van der Waals surface area (Å²) in [4.78, 5) is 13.7. The van der Waals surface area contributed by atoms with Crippen LogP contribution < -0.4 is 4.90 Å². The number of hydrogen-bond donors (Lipinski definition) is 0. The Balaban J connectivity index is 2.90. The van der Waals surface area contributed by atoms with Gasteiger partial charge < -0.3 is 4.90 Å². The number of nitriles is 1. The molecule has 0 saturated carbocycles. The summed E-state index contributed by atoms with van der Waals surface area (Å²) in [5.41, 5.74) is 1.91. The smallest absolute Gasteiger partial charge is 0.244 e. The van der Waals surface area contributed by atoms with Gasteiger partial charge in [-0.15, -0.1) is 0 Å². The van der Waals surface area contributed by atoms with E-state index in [-0.39, 0.29) is 5.91 Å². The lowest BCUT2D eigenvalue weighted by Gasteiger charge is -2.21. The zero-order chi connectivity index (χ0) is 12.8. The summed E-state index contributed by atoms with van der Waals surface area (Å²) >= 11 is 0. The molecule has 17 heavy (non-hydrogen) atoms. The first kappa shape index (κ1) is 13.2. The van der Waals surface area contributed by atoms with E-state index in [0.717, 1.165) is 17.7 Å². The van der Waals surface area contributed by atoms with Crippen LogP contribution >= 0.6 is 0 Å². The second kappa shape index (κ2) is 6.05. The maximum atomic E-state index is 12.1. The Labute approximate surface area is 103 Å².